The number of hydrogen-bond acceptors (Lipinski definition) is 5. The summed E-state index contributed by atoms with van der Waals surface area (Å²) in [6.07, 6.45) is 6.85. The molecule has 7 heteroatoms. The van der Waals surface area contributed by atoms with E-state index in [4.69, 9.17) is 0 Å². The van der Waals surface area contributed by atoms with Gasteiger partial charge in [-0.1, -0.05) is 6.92 Å². The average molecular weight is 305 g/mol. The molecule has 21 heavy (non-hydrogen) atoms. The van der Waals surface area contributed by atoms with Gasteiger partial charge in [0.2, 0.25) is 0 Å². The highest BCUT2D eigenvalue weighted by molar-refractivity contribution is 7.15. The first-order valence-electron chi connectivity index (χ1n) is 7.28. The minimum Gasteiger partial charge on any atom is -0.315 e. The van der Waals surface area contributed by atoms with Gasteiger partial charge in [-0.15, -0.1) is 11.3 Å². The normalized spacial score (nSPS) is 18.6. The first-order valence-corrected chi connectivity index (χ1v) is 8.10. The van der Waals surface area contributed by atoms with Crippen molar-refractivity contribution in [3.63, 3.8) is 0 Å². The van der Waals surface area contributed by atoms with E-state index < -0.39 is 0 Å². The average Bonchev–Trinajstić information content (AvgIpc) is 3.17. The molecule has 3 heterocycles. The molecule has 1 unspecified atom stereocenters. The Bertz CT molecular complexity index is 614. The highest BCUT2D eigenvalue weighted by atomic mass is 32.1. The summed E-state index contributed by atoms with van der Waals surface area (Å²) in [5, 5.41) is 11.2. The van der Waals surface area contributed by atoms with Crippen LogP contribution in [0.5, 0.6) is 0 Å². The number of aromatic nitrogens is 3. The monoisotopic (exact) mass is 305 g/mol. The summed E-state index contributed by atoms with van der Waals surface area (Å²) >= 11 is 1.50. The van der Waals surface area contributed by atoms with Gasteiger partial charge in [-0.25, -0.2) is 4.98 Å². The molecule has 0 saturated carbocycles. The van der Waals surface area contributed by atoms with Crippen LogP contribution in [0.4, 0.5) is 5.13 Å². The summed E-state index contributed by atoms with van der Waals surface area (Å²) in [5.41, 5.74) is 0.439. The summed E-state index contributed by atoms with van der Waals surface area (Å²) in [4.78, 5) is 17.5. The second-order valence-corrected chi connectivity index (χ2v) is 6.24. The van der Waals surface area contributed by atoms with Gasteiger partial charge in [-0.2, -0.15) is 5.10 Å². The van der Waals surface area contributed by atoms with Crippen molar-refractivity contribution in [2.45, 2.75) is 32.2 Å². The van der Waals surface area contributed by atoms with E-state index in [0.717, 1.165) is 37.2 Å². The van der Waals surface area contributed by atoms with E-state index >= 15 is 0 Å². The summed E-state index contributed by atoms with van der Waals surface area (Å²) in [6, 6.07) is 2.10. The number of amides is 1. The maximum Gasteiger partial charge on any atom is 0.277 e. The molecule has 2 aromatic rings. The molecular formula is C14H19N5OS. The summed E-state index contributed by atoms with van der Waals surface area (Å²) < 4.78 is 1.89. The molecule has 0 aromatic carbocycles. The van der Waals surface area contributed by atoms with Crippen molar-refractivity contribution in [1.29, 1.82) is 0 Å². The lowest BCUT2D eigenvalue weighted by molar-refractivity contribution is 0.102. The van der Waals surface area contributed by atoms with Gasteiger partial charge in [0.25, 0.3) is 5.91 Å². The summed E-state index contributed by atoms with van der Waals surface area (Å²) in [6.45, 7) is 4.04. The van der Waals surface area contributed by atoms with E-state index in [9.17, 15) is 4.79 Å². The van der Waals surface area contributed by atoms with Gasteiger partial charge in [0.1, 0.15) is 0 Å². The number of nitrogens with zero attached hydrogens (tertiary/aromatic N) is 3. The predicted octanol–water partition coefficient (Wildman–Crippen LogP) is 2.08. The number of aryl methyl sites for hydroxylation is 1. The van der Waals surface area contributed by atoms with Crippen molar-refractivity contribution < 1.29 is 4.79 Å². The summed E-state index contributed by atoms with van der Waals surface area (Å²) in [5.74, 6) is -0.200. The fraction of sp³-hybridized carbons (Fsp3) is 0.500. The van der Waals surface area contributed by atoms with Crippen LogP contribution in [-0.4, -0.2) is 33.8 Å². The van der Waals surface area contributed by atoms with Crippen LogP contribution in [0.25, 0.3) is 0 Å². The first-order chi connectivity index (χ1) is 10.3. The molecule has 0 aliphatic carbocycles. The molecule has 0 spiro atoms. The van der Waals surface area contributed by atoms with Gasteiger partial charge >= 0.3 is 0 Å². The van der Waals surface area contributed by atoms with Crippen LogP contribution in [0, 0.1) is 0 Å². The Morgan fingerprint density at radius 1 is 1.62 bits per heavy atom. The topological polar surface area (TPSA) is 71.8 Å². The SMILES string of the molecule is CCc1cnc(NC(=O)c2ccn(C3CCCNC3)n2)s1. The summed E-state index contributed by atoms with van der Waals surface area (Å²) in [7, 11) is 0. The fourth-order valence-electron chi connectivity index (χ4n) is 2.41. The molecule has 3 rings (SSSR count). The third-order valence-electron chi connectivity index (χ3n) is 3.61. The molecule has 6 nitrogen and oxygen atoms in total. The van der Waals surface area contributed by atoms with Crippen molar-refractivity contribution in [3.8, 4) is 0 Å². The first kappa shape index (κ1) is 14.2. The van der Waals surface area contributed by atoms with E-state index in [1.165, 1.54) is 11.3 Å². The molecule has 0 bridgehead atoms. The van der Waals surface area contributed by atoms with E-state index in [0.29, 0.717) is 16.9 Å². The third-order valence-corrected chi connectivity index (χ3v) is 4.67. The smallest absolute Gasteiger partial charge is 0.277 e. The Labute approximate surface area is 127 Å². The van der Waals surface area contributed by atoms with E-state index in [2.05, 4.69) is 27.6 Å². The second kappa shape index (κ2) is 6.36. The van der Waals surface area contributed by atoms with Crippen molar-refractivity contribution in [2.24, 2.45) is 0 Å². The van der Waals surface area contributed by atoms with Crippen LogP contribution in [0.15, 0.2) is 18.5 Å². The molecule has 2 aromatic heterocycles. The van der Waals surface area contributed by atoms with Crippen LogP contribution in [-0.2, 0) is 6.42 Å². The standard InChI is InChI=1S/C14H19N5OS/c1-2-11-9-16-14(21-11)17-13(20)12-5-7-19(18-12)10-4-3-6-15-8-10/h5,7,9-10,15H,2-4,6,8H2,1H3,(H,16,17,20). The van der Waals surface area contributed by atoms with Gasteiger partial charge in [0.15, 0.2) is 10.8 Å². The highest BCUT2D eigenvalue weighted by Gasteiger charge is 2.18. The lowest BCUT2D eigenvalue weighted by Gasteiger charge is -2.22. The predicted molar refractivity (Wildman–Crippen MR) is 82.8 cm³/mol. The minimum atomic E-state index is -0.200. The third kappa shape index (κ3) is 3.30. The largest absolute Gasteiger partial charge is 0.315 e. The van der Waals surface area contributed by atoms with Crippen LogP contribution >= 0.6 is 11.3 Å². The van der Waals surface area contributed by atoms with E-state index in [1.54, 1.807) is 12.3 Å². The zero-order valence-electron chi connectivity index (χ0n) is 12.0. The number of piperidine rings is 1. The molecule has 2 N–H and O–H groups in total. The van der Waals surface area contributed by atoms with Gasteiger partial charge in [0, 0.05) is 23.8 Å². The van der Waals surface area contributed by atoms with Gasteiger partial charge < -0.3 is 5.32 Å². The number of nitrogens with one attached hydrogen (secondary N) is 2. The Morgan fingerprint density at radius 3 is 3.24 bits per heavy atom. The Balaban J connectivity index is 1.66. The van der Waals surface area contributed by atoms with Crippen molar-refractivity contribution in [2.75, 3.05) is 18.4 Å². The molecule has 1 aliphatic rings. The Morgan fingerprint density at radius 2 is 2.52 bits per heavy atom. The lowest BCUT2D eigenvalue weighted by Crippen LogP contribution is -2.32. The Hall–Kier alpha value is -1.73. The van der Waals surface area contributed by atoms with Crippen LogP contribution in [0.1, 0.15) is 41.2 Å². The molecular weight excluding hydrogens is 286 g/mol. The van der Waals surface area contributed by atoms with Crippen molar-refractivity contribution in [1.82, 2.24) is 20.1 Å². The minimum absolute atomic E-state index is 0.200. The zero-order chi connectivity index (χ0) is 14.7. The van der Waals surface area contributed by atoms with Crippen LogP contribution in [0.3, 0.4) is 0 Å². The van der Waals surface area contributed by atoms with E-state index in [-0.39, 0.29) is 5.91 Å². The van der Waals surface area contributed by atoms with Crippen LogP contribution < -0.4 is 10.6 Å². The lowest BCUT2D eigenvalue weighted by atomic mass is 10.1. The molecule has 1 atom stereocenters. The molecule has 1 aliphatic heterocycles. The Kier molecular flexibility index (Phi) is 4.31. The van der Waals surface area contributed by atoms with Gasteiger partial charge in [0.05, 0.1) is 6.04 Å². The van der Waals surface area contributed by atoms with E-state index in [1.807, 2.05) is 10.9 Å². The number of thiazole rings is 1. The molecule has 1 saturated heterocycles. The number of carbonyl (C=O) groups excluding carboxylic acids is 1. The van der Waals surface area contributed by atoms with Crippen LogP contribution in [0.2, 0.25) is 0 Å². The quantitative estimate of drug-likeness (QED) is 0.907. The number of anilines is 1. The van der Waals surface area contributed by atoms with Crippen molar-refractivity contribution in [3.05, 3.63) is 29.0 Å². The number of hydrogen-bond donors (Lipinski definition) is 2. The molecule has 1 fully saturated rings. The maximum absolute atomic E-state index is 12.2. The molecule has 0 radical (unpaired) electrons. The number of rotatable bonds is 4. The maximum atomic E-state index is 12.2. The van der Waals surface area contributed by atoms with Gasteiger partial charge in [-0.3, -0.25) is 14.8 Å². The number of carbonyl (C=O) groups is 1. The second-order valence-electron chi connectivity index (χ2n) is 5.12. The molecule has 112 valence electrons. The fourth-order valence-corrected chi connectivity index (χ4v) is 3.16. The zero-order valence-corrected chi connectivity index (χ0v) is 12.8. The van der Waals surface area contributed by atoms with Gasteiger partial charge in [-0.05, 0) is 31.9 Å². The molecule has 1 amide bonds. The van der Waals surface area contributed by atoms with Crippen molar-refractivity contribution >= 4 is 22.4 Å². The highest BCUT2D eigenvalue weighted by Crippen LogP contribution is 2.19.